The average molecular weight is 270 g/mol. The predicted octanol–water partition coefficient (Wildman–Crippen LogP) is -0.204. The van der Waals surface area contributed by atoms with E-state index in [1.807, 2.05) is 5.32 Å². The Morgan fingerprint density at radius 3 is 2.50 bits per heavy atom. The second-order valence-corrected chi connectivity index (χ2v) is 4.33. The number of amides is 1. The lowest BCUT2D eigenvalue weighted by Crippen LogP contribution is -2.48. The molecule has 0 unspecified atom stereocenters. The quantitative estimate of drug-likeness (QED) is 0.647. The number of carbonyl (C=O) groups is 1. The molecule has 0 bridgehead atoms. The summed E-state index contributed by atoms with van der Waals surface area (Å²) in [6.07, 6.45) is -3.52. The molecule has 106 valence electrons. The van der Waals surface area contributed by atoms with Gasteiger partial charge in [0.2, 0.25) is 5.91 Å². The van der Waals surface area contributed by atoms with Crippen molar-refractivity contribution in [3.63, 3.8) is 0 Å². The van der Waals surface area contributed by atoms with Crippen LogP contribution in [-0.4, -0.2) is 55.6 Å². The van der Waals surface area contributed by atoms with Crippen LogP contribution < -0.4 is 10.6 Å². The molecule has 0 radical (unpaired) electrons. The topological polar surface area (TPSA) is 70.6 Å². The Kier molecular flexibility index (Phi) is 5.36. The van der Waals surface area contributed by atoms with Gasteiger partial charge in [-0.3, -0.25) is 4.79 Å². The zero-order valence-electron chi connectivity index (χ0n) is 9.85. The first kappa shape index (κ1) is 15.2. The highest BCUT2D eigenvalue weighted by Crippen LogP contribution is 2.19. The van der Waals surface area contributed by atoms with Gasteiger partial charge in [-0.15, -0.1) is 0 Å². The number of aliphatic hydroxyl groups is 1. The lowest BCUT2D eigenvalue weighted by Gasteiger charge is -2.32. The molecule has 0 saturated carbocycles. The van der Waals surface area contributed by atoms with Crippen LogP contribution in [0.2, 0.25) is 0 Å². The number of rotatable bonds is 5. The van der Waals surface area contributed by atoms with E-state index in [-0.39, 0.29) is 6.54 Å². The molecule has 1 fully saturated rings. The van der Waals surface area contributed by atoms with Crippen molar-refractivity contribution < 1.29 is 27.8 Å². The van der Waals surface area contributed by atoms with Crippen LogP contribution >= 0.6 is 0 Å². The number of hydrogen-bond donors (Lipinski definition) is 3. The minimum Gasteiger partial charge on any atom is -0.388 e. The molecule has 0 aromatic carbocycles. The third-order valence-electron chi connectivity index (χ3n) is 2.65. The number of nitrogens with one attached hydrogen (secondary N) is 2. The second-order valence-electron chi connectivity index (χ2n) is 4.33. The summed E-state index contributed by atoms with van der Waals surface area (Å²) < 4.78 is 40.5. The smallest absolute Gasteiger partial charge is 0.388 e. The van der Waals surface area contributed by atoms with E-state index in [0.717, 1.165) is 0 Å². The number of carbonyl (C=O) groups excluding carboxylic acids is 1. The zero-order valence-corrected chi connectivity index (χ0v) is 9.85. The number of halogens is 3. The molecule has 0 aromatic rings. The highest BCUT2D eigenvalue weighted by Gasteiger charge is 2.30. The Hall–Kier alpha value is -0.860. The van der Waals surface area contributed by atoms with Crippen molar-refractivity contribution in [2.24, 2.45) is 0 Å². The summed E-state index contributed by atoms with van der Waals surface area (Å²) in [5.74, 6) is -0.570. The van der Waals surface area contributed by atoms with Gasteiger partial charge in [0.1, 0.15) is 0 Å². The van der Waals surface area contributed by atoms with Crippen LogP contribution in [0.3, 0.4) is 0 Å². The van der Waals surface area contributed by atoms with E-state index in [1.165, 1.54) is 0 Å². The third kappa shape index (κ3) is 6.18. The molecule has 1 amide bonds. The Labute approximate surface area is 103 Å². The maximum atomic E-state index is 11.8. The van der Waals surface area contributed by atoms with E-state index in [4.69, 9.17) is 4.74 Å². The SMILES string of the molecule is O=C(CNCC(F)(F)F)NCC1(O)CCOCC1. The highest BCUT2D eigenvalue weighted by molar-refractivity contribution is 5.78. The Balaban J connectivity index is 2.16. The van der Waals surface area contributed by atoms with Crippen molar-refractivity contribution >= 4 is 5.91 Å². The average Bonchev–Trinajstić information content (AvgIpc) is 2.26. The van der Waals surface area contributed by atoms with Crippen LogP contribution in [0.1, 0.15) is 12.8 Å². The van der Waals surface area contributed by atoms with E-state index >= 15 is 0 Å². The van der Waals surface area contributed by atoms with Gasteiger partial charge in [-0.1, -0.05) is 0 Å². The molecule has 0 aromatic heterocycles. The molecule has 0 aliphatic carbocycles. The fourth-order valence-corrected chi connectivity index (χ4v) is 1.57. The van der Waals surface area contributed by atoms with Crippen molar-refractivity contribution in [2.75, 3.05) is 32.8 Å². The molecule has 3 N–H and O–H groups in total. The predicted molar refractivity (Wildman–Crippen MR) is 56.9 cm³/mol. The van der Waals surface area contributed by atoms with E-state index < -0.39 is 30.8 Å². The minimum atomic E-state index is -4.33. The van der Waals surface area contributed by atoms with E-state index in [2.05, 4.69) is 5.32 Å². The monoisotopic (exact) mass is 270 g/mol. The third-order valence-corrected chi connectivity index (χ3v) is 2.65. The molecular weight excluding hydrogens is 253 g/mol. The van der Waals surface area contributed by atoms with Crippen LogP contribution in [0.5, 0.6) is 0 Å². The van der Waals surface area contributed by atoms with Gasteiger partial charge >= 0.3 is 6.18 Å². The zero-order chi connectivity index (χ0) is 13.6. The number of hydrogen-bond acceptors (Lipinski definition) is 4. The van der Waals surface area contributed by atoms with Crippen LogP contribution in [0.15, 0.2) is 0 Å². The highest BCUT2D eigenvalue weighted by atomic mass is 19.4. The molecule has 0 spiro atoms. The first-order valence-electron chi connectivity index (χ1n) is 5.65. The van der Waals surface area contributed by atoms with Crippen LogP contribution in [0.25, 0.3) is 0 Å². The molecule has 0 atom stereocenters. The standard InChI is InChI=1S/C10H17F3N2O3/c11-10(12,13)7-14-5-8(16)15-6-9(17)1-3-18-4-2-9/h14,17H,1-7H2,(H,15,16). The normalized spacial score (nSPS) is 19.6. The van der Waals surface area contributed by atoms with E-state index in [1.54, 1.807) is 0 Å². The Bertz CT molecular complexity index is 278. The molecule has 1 aliphatic heterocycles. The summed E-state index contributed by atoms with van der Waals surface area (Å²) in [7, 11) is 0. The second kappa shape index (κ2) is 6.35. The van der Waals surface area contributed by atoms with Gasteiger partial charge in [-0.2, -0.15) is 13.2 Å². The maximum absolute atomic E-state index is 11.8. The fraction of sp³-hybridized carbons (Fsp3) is 0.900. The van der Waals surface area contributed by atoms with Gasteiger partial charge in [-0.25, -0.2) is 0 Å². The molecule has 1 aliphatic rings. The van der Waals surface area contributed by atoms with Gasteiger partial charge in [0.15, 0.2) is 0 Å². The van der Waals surface area contributed by atoms with Gasteiger partial charge < -0.3 is 20.5 Å². The van der Waals surface area contributed by atoms with Crippen molar-refractivity contribution in [1.82, 2.24) is 10.6 Å². The van der Waals surface area contributed by atoms with Crippen molar-refractivity contribution in [3.8, 4) is 0 Å². The largest absolute Gasteiger partial charge is 0.401 e. The fourth-order valence-electron chi connectivity index (χ4n) is 1.57. The summed E-state index contributed by atoms with van der Waals surface area (Å²) in [5, 5.41) is 14.4. The van der Waals surface area contributed by atoms with Crippen LogP contribution in [0, 0.1) is 0 Å². The Morgan fingerprint density at radius 1 is 1.33 bits per heavy atom. The van der Waals surface area contributed by atoms with E-state index in [9.17, 15) is 23.1 Å². The molecule has 1 saturated heterocycles. The molecule has 1 heterocycles. The Morgan fingerprint density at radius 2 is 1.94 bits per heavy atom. The van der Waals surface area contributed by atoms with Crippen molar-refractivity contribution in [3.05, 3.63) is 0 Å². The van der Waals surface area contributed by atoms with E-state index in [0.29, 0.717) is 26.1 Å². The van der Waals surface area contributed by atoms with Crippen molar-refractivity contribution in [1.29, 1.82) is 0 Å². The summed E-state index contributed by atoms with van der Waals surface area (Å²) >= 11 is 0. The summed E-state index contributed by atoms with van der Waals surface area (Å²) in [4.78, 5) is 11.2. The van der Waals surface area contributed by atoms with Gasteiger partial charge in [0.25, 0.3) is 0 Å². The lowest BCUT2D eigenvalue weighted by molar-refractivity contribution is -0.129. The maximum Gasteiger partial charge on any atom is 0.401 e. The van der Waals surface area contributed by atoms with Crippen molar-refractivity contribution in [2.45, 2.75) is 24.6 Å². The summed E-state index contributed by atoms with van der Waals surface area (Å²) in [6.45, 7) is -0.773. The van der Waals surface area contributed by atoms with Gasteiger partial charge in [0.05, 0.1) is 18.7 Å². The number of ether oxygens (including phenoxy) is 1. The van der Waals surface area contributed by atoms with Gasteiger partial charge in [-0.05, 0) is 0 Å². The van der Waals surface area contributed by atoms with Gasteiger partial charge in [0, 0.05) is 32.6 Å². The molecule has 8 heteroatoms. The summed E-state index contributed by atoms with van der Waals surface area (Å²) in [5.41, 5.74) is -1.02. The van der Waals surface area contributed by atoms with Crippen LogP contribution in [0.4, 0.5) is 13.2 Å². The minimum absolute atomic E-state index is 0.0306. The van der Waals surface area contributed by atoms with Crippen LogP contribution in [-0.2, 0) is 9.53 Å². The first-order chi connectivity index (χ1) is 8.31. The lowest BCUT2D eigenvalue weighted by atomic mass is 9.94. The summed E-state index contributed by atoms with van der Waals surface area (Å²) in [6, 6.07) is 0. The molecule has 18 heavy (non-hydrogen) atoms. The molecule has 1 rings (SSSR count). The molecular formula is C10H17F3N2O3. The first-order valence-corrected chi connectivity index (χ1v) is 5.65. The molecule has 5 nitrogen and oxygen atoms in total. The number of alkyl halides is 3.